The van der Waals surface area contributed by atoms with Crippen LogP contribution in [0.1, 0.15) is 54.4 Å². The number of aliphatic hydroxyl groups is 1. The van der Waals surface area contributed by atoms with Gasteiger partial charge in [0.25, 0.3) is 0 Å². The Kier molecular flexibility index (Phi) is 6.01. The molecule has 0 aromatic heterocycles. The zero-order valence-corrected chi connectivity index (χ0v) is 11.4. The van der Waals surface area contributed by atoms with Crippen LogP contribution in [0, 0.1) is 11.3 Å². The molecule has 0 bridgehead atoms. The number of carbonyl (C=O) groups is 1. The van der Waals surface area contributed by atoms with Crippen LogP contribution < -0.4 is 0 Å². The van der Waals surface area contributed by atoms with Crippen LogP contribution in [0.3, 0.4) is 0 Å². The molecule has 0 aliphatic carbocycles. The summed E-state index contributed by atoms with van der Waals surface area (Å²) in [5.41, 5.74) is -0.475. The first-order valence-electron chi connectivity index (χ1n) is 6.02. The quantitative estimate of drug-likeness (QED) is 0.739. The zero-order valence-electron chi connectivity index (χ0n) is 11.4. The highest BCUT2D eigenvalue weighted by Gasteiger charge is 2.25. The molecule has 0 radical (unpaired) electrons. The van der Waals surface area contributed by atoms with E-state index in [4.69, 9.17) is 4.74 Å². The predicted octanol–water partition coefficient (Wildman–Crippen LogP) is 2.76. The van der Waals surface area contributed by atoms with Gasteiger partial charge in [-0.1, -0.05) is 13.8 Å². The topological polar surface area (TPSA) is 46.5 Å². The number of carbonyl (C=O) groups excluding carboxylic acids is 1. The monoisotopic (exact) mass is 230 g/mol. The van der Waals surface area contributed by atoms with Crippen LogP contribution in [-0.4, -0.2) is 23.3 Å². The smallest absolute Gasteiger partial charge is 0.311 e. The third kappa shape index (κ3) is 6.83. The SMILES string of the molecule is CC(C)CC(O)CC(C)OC(=O)C(C)(C)C. The molecule has 0 heterocycles. The van der Waals surface area contributed by atoms with Crippen molar-refractivity contribution < 1.29 is 14.6 Å². The molecule has 0 aromatic rings. The Bertz CT molecular complexity index is 216. The summed E-state index contributed by atoms with van der Waals surface area (Å²) in [7, 11) is 0. The van der Waals surface area contributed by atoms with Crippen LogP contribution in [0.5, 0.6) is 0 Å². The maximum absolute atomic E-state index is 11.6. The molecule has 16 heavy (non-hydrogen) atoms. The Morgan fingerprint density at radius 2 is 1.69 bits per heavy atom. The van der Waals surface area contributed by atoms with E-state index in [2.05, 4.69) is 13.8 Å². The molecule has 1 N–H and O–H groups in total. The van der Waals surface area contributed by atoms with Crippen molar-refractivity contribution in [3.63, 3.8) is 0 Å². The van der Waals surface area contributed by atoms with E-state index in [9.17, 15) is 9.90 Å². The van der Waals surface area contributed by atoms with Crippen molar-refractivity contribution >= 4 is 5.97 Å². The maximum atomic E-state index is 11.6. The number of hydrogen-bond acceptors (Lipinski definition) is 3. The van der Waals surface area contributed by atoms with Gasteiger partial charge in [-0.25, -0.2) is 0 Å². The van der Waals surface area contributed by atoms with Crippen LogP contribution in [0.25, 0.3) is 0 Å². The first kappa shape index (κ1) is 15.4. The van der Waals surface area contributed by atoms with E-state index in [1.165, 1.54) is 0 Å². The fourth-order valence-electron chi connectivity index (χ4n) is 1.43. The Labute approximate surface area is 99.2 Å². The van der Waals surface area contributed by atoms with Gasteiger partial charge in [-0.05, 0) is 40.0 Å². The highest BCUT2D eigenvalue weighted by atomic mass is 16.5. The third-order valence-electron chi connectivity index (χ3n) is 2.27. The molecule has 0 aliphatic heterocycles. The summed E-state index contributed by atoms with van der Waals surface area (Å²) in [5.74, 6) is 0.247. The number of hydrogen-bond donors (Lipinski definition) is 1. The van der Waals surface area contributed by atoms with Crippen molar-refractivity contribution in [3.8, 4) is 0 Å². The van der Waals surface area contributed by atoms with E-state index in [0.717, 1.165) is 6.42 Å². The van der Waals surface area contributed by atoms with Gasteiger partial charge in [0, 0.05) is 6.42 Å². The van der Waals surface area contributed by atoms with Crippen molar-refractivity contribution in [1.82, 2.24) is 0 Å². The van der Waals surface area contributed by atoms with E-state index >= 15 is 0 Å². The molecule has 0 spiro atoms. The second-order valence-corrected chi connectivity index (χ2v) is 5.99. The molecule has 0 saturated heterocycles. The average molecular weight is 230 g/mol. The Morgan fingerprint density at radius 3 is 2.06 bits per heavy atom. The first-order valence-corrected chi connectivity index (χ1v) is 6.02. The highest BCUT2D eigenvalue weighted by Crippen LogP contribution is 2.18. The second-order valence-electron chi connectivity index (χ2n) is 5.99. The van der Waals surface area contributed by atoms with E-state index in [1.807, 2.05) is 27.7 Å². The summed E-state index contributed by atoms with van der Waals surface area (Å²) < 4.78 is 5.27. The second kappa shape index (κ2) is 6.24. The molecule has 3 heteroatoms. The van der Waals surface area contributed by atoms with Gasteiger partial charge < -0.3 is 9.84 Å². The summed E-state index contributed by atoms with van der Waals surface area (Å²) in [6.45, 7) is 11.4. The fraction of sp³-hybridized carbons (Fsp3) is 0.923. The van der Waals surface area contributed by atoms with Gasteiger partial charge in [0.1, 0.15) is 6.10 Å². The average Bonchev–Trinajstić information content (AvgIpc) is 1.98. The minimum atomic E-state index is -0.475. The lowest BCUT2D eigenvalue weighted by molar-refractivity contribution is -0.159. The van der Waals surface area contributed by atoms with Crippen LogP contribution in [0.2, 0.25) is 0 Å². The number of esters is 1. The van der Waals surface area contributed by atoms with Gasteiger partial charge in [0.05, 0.1) is 11.5 Å². The van der Waals surface area contributed by atoms with E-state index in [-0.39, 0.29) is 18.2 Å². The summed E-state index contributed by atoms with van der Waals surface area (Å²) in [4.78, 5) is 11.6. The summed E-state index contributed by atoms with van der Waals surface area (Å²) >= 11 is 0. The van der Waals surface area contributed by atoms with E-state index in [0.29, 0.717) is 12.3 Å². The number of ether oxygens (including phenoxy) is 1. The summed E-state index contributed by atoms with van der Waals surface area (Å²) in [6, 6.07) is 0. The van der Waals surface area contributed by atoms with Gasteiger partial charge in [-0.3, -0.25) is 4.79 Å². The molecule has 0 amide bonds. The van der Waals surface area contributed by atoms with Crippen LogP contribution in [-0.2, 0) is 9.53 Å². The molecule has 0 aromatic carbocycles. The third-order valence-corrected chi connectivity index (χ3v) is 2.27. The molecule has 2 atom stereocenters. The van der Waals surface area contributed by atoms with Crippen molar-refractivity contribution in [2.24, 2.45) is 11.3 Å². The Morgan fingerprint density at radius 1 is 1.19 bits per heavy atom. The van der Waals surface area contributed by atoms with Crippen molar-refractivity contribution in [2.75, 3.05) is 0 Å². The van der Waals surface area contributed by atoms with Gasteiger partial charge in [0.2, 0.25) is 0 Å². The molecule has 0 rings (SSSR count). The Balaban J connectivity index is 3.99. The normalized spacial score (nSPS) is 16.0. The molecule has 96 valence electrons. The molecule has 0 aliphatic rings. The molecular formula is C13H26O3. The molecular weight excluding hydrogens is 204 g/mol. The molecule has 2 unspecified atom stereocenters. The van der Waals surface area contributed by atoms with Crippen molar-refractivity contribution in [1.29, 1.82) is 0 Å². The maximum Gasteiger partial charge on any atom is 0.311 e. The predicted molar refractivity (Wildman–Crippen MR) is 65.1 cm³/mol. The molecule has 0 fully saturated rings. The highest BCUT2D eigenvalue weighted by molar-refractivity contribution is 5.75. The lowest BCUT2D eigenvalue weighted by Gasteiger charge is -2.23. The van der Waals surface area contributed by atoms with Crippen LogP contribution in [0.4, 0.5) is 0 Å². The molecule has 0 saturated carbocycles. The largest absolute Gasteiger partial charge is 0.462 e. The van der Waals surface area contributed by atoms with Crippen molar-refractivity contribution in [3.05, 3.63) is 0 Å². The van der Waals surface area contributed by atoms with E-state index < -0.39 is 5.41 Å². The fourth-order valence-corrected chi connectivity index (χ4v) is 1.43. The van der Waals surface area contributed by atoms with Gasteiger partial charge >= 0.3 is 5.97 Å². The van der Waals surface area contributed by atoms with Gasteiger partial charge in [-0.2, -0.15) is 0 Å². The van der Waals surface area contributed by atoms with Gasteiger partial charge in [-0.15, -0.1) is 0 Å². The van der Waals surface area contributed by atoms with Crippen LogP contribution in [0.15, 0.2) is 0 Å². The first-order chi connectivity index (χ1) is 7.12. The lowest BCUT2D eigenvalue weighted by atomic mass is 9.97. The standard InChI is InChI=1S/C13H26O3/c1-9(2)7-11(14)8-10(3)16-12(15)13(4,5)6/h9-11,14H,7-8H2,1-6H3. The zero-order chi connectivity index (χ0) is 12.9. The van der Waals surface area contributed by atoms with Crippen molar-refractivity contribution in [2.45, 2.75) is 66.6 Å². The summed E-state index contributed by atoms with van der Waals surface area (Å²) in [5, 5.41) is 9.71. The number of aliphatic hydroxyl groups excluding tert-OH is 1. The van der Waals surface area contributed by atoms with Crippen LogP contribution >= 0.6 is 0 Å². The lowest BCUT2D eigenvalue weighted by Crippen LogP contribution is -2.29. The Hall–Kier alpha value is -0.570. The number of rotatable bonds is 5. The minimum Gasteiger partial charge on any atom is -0.462 e. The van der Waals surface area contributed by atoms with E-state index in [1.54, 1.807) is 0 Å². The minimum absolute atomic E-state index is 0.211. The van der Waals surface area contributed by atoms with Gasteiger partial charge in [0.15, 0.2) is 0 Å². The summed E-state index contributed by atoms with van der Waals surface area (Å²) in [6.07, 6.45) is 0.653. The molecule has 3 nitrogen and oxygen atoms in total.